The molecule has 1 N–H and O–H groups in total. The number of piperazine rings is 1. The van der Waals surface area contributed by atoms with Gasteiger partial charge in [-0.15, -0.1) is 0 Å². The zero-order valence-electron chi connectivity index (χ0n) is 17.5. The van der Waals surface area contributed by atoms with Crippen LogP contribution in [0.4, 0.5) is 8.78 Å². The number of ether oxygens (including phenoxy) is 1. The molecular weight excluding hydrogens is 420 g/mol. The van der Waals surface area contributed by atoms with Gasteiger partial charge >= 0.3 is 6.61 Å². The van der Waals surface area contributed by atoms with Crippen molar-refractivity contribution in [3.63, 3.8) is 0 Å². The van der Waals surface area contributed by atoms with Gasteiger partial charge < -0.3 is 19.9 Å². The number of amides is 3. The van der Waals surface area contributed by atoms with E-state index in [2.05, 4.69) is 10.1 Å². The van der Waals surface area contributed by atoms with E-state index in [0.717, 1.165) is 5.56 Å². The van der Waals surface area contributed by atoms with Crippen molar-refractivity contribution in [2.75, 3.05) is 32.7 Å². The molecule has 0 bridgehead atoms. The number of rotatable bonds is 8. The Labute approximate surface area is 184 Å². The Balaban J connectivity index is 1.43. The molecule has 3 rings (SSSR count). The lowest BCUT2D eigenvalue weighted by molar-refractivity contribution is -0.132. The average molecular weight is 445 g/mol. The van der Waals surface area contributed by atoms with Crippen molar-refractivity contribution in [1.82, 2.24) is 15.1 Å². The normalized spacial score (nSPS) is 13.7. The van der Waals surface area contributed by atoms with Crippen LogP contribution in [0, 0.1) is 0 Å². The van der Waals surface area contributed by atoms with Crippen molar-refractivity contribution in [1.29, 1.82) is 0 Å². The summed E-state index contributed by atoms with van der Waals surface area (Å²) in [5.41, 5.74) is 0.964. The second-order valence-electron chi connectivity index (χ2n) is 7.31. The summed E-state index contributed by atoms with van der Waals surface area (Å²) >= 11 is 0. The molecule has 170 valence electrons. The minimum absolute atomic E-state index is 0.0636. The Bertz CT molecular complexity index is 932. The largest absolute Gasteiger partial charge is 0.434 e. The summed E-state index contributed by atoms with van der Waals surface area (Å²) in [6.07, 6.45) is 0.423. The Morgan fingerprint density at radius 1 is 0.906 bits per heavy atom. The summed E-state index contributed by atoms with van der Waals surface area (Å²) in [4.78, 5) is 40.3. The Kier molecular flexibility index (Phi) is 8.13. The maximum absolute atomic E-state index is 12.7. The van der Waals surface area contributed by atoms with Gasteiger partial charge in [0.2, 0.25) is 11.8 Å². The van der Waals surface area contributed by atoms with E-state index < -0.39 is 12.5 Å². The smallest absolute Gasteiger partial charge is 0.387 e. The van der Waals surface area contributed by atoms with Crippen molar-refractivity contribution in [3.8, 4) is 5.75 Å². The van der Waals surface area contributed by atoms with Gasteiger partial charge in [0, 0.05) is 39.1 Å². The summed E-state index contributed by atoms with van der Waals surface area (Å²) in [6, 6.07) is 15.2. The first-order valence-electron chi connectivity index (χ1n) is 10.4. The average Bonchev–Trinajstić information content (AvgIpc) is 2.79. The molecular formula is C23H25F2N3O4. The number of hydrogen-bond donors (Lipinski definition) is 1. The third-order valence-electron chi connectivity index (χ3n) is 5.12. The van der Waals surface area contributed by atoms with Crippen LogP contribution in [0.15, 0.2) is 54.6 Å². The SMILES string of the molecule is O=C(Cc1ccccc1)NCCC(=O)N1CCN(C(=O)c2ccccc2OC(F)F)CC1. The van der Waals surface area contributed by atoms with E-state index >= 15 is 0 Å². The molecule has 0 atom stereocenters. The molecule has 7 nitrogen and oxygen atoms in total. The number of para-hydroxylation sites is 1. The Hall–Kier alpha value is -3.49. The molecule has 3 amide bonds. The number of carbonyl (C=O) groups excluding carboxylic acids is 3. The number of carbonyl (C=O) groups is 3. The van der Waals surface area contributed by atoms with Gasteiger partial charge in [0.1, 0.15) is 5.75 Å². The van der Waals surface area contributed by atoms with Crippen LogP contribution in [0.2, 0.25) is 0 Å². The number of benzene rings is 2. The third-order valence-corrected chi connectivity index (χ3v) is 5.12. The molecule has 0 spiro atoms. The van der Waals surface area contributed by atoms with E-state index in [9.17, 15) is 23.2 Å². The molecule has 1 fully saturated rings. The van der Waals surface area contributed by atoms with Crippen LogP contribution in [-0.4, -0.2) is 66.9 Å². The molecule has 0 saturated carbocycles. The summed E-state index contributed by atoms with van der Waals surface area (Å²) in [5, 5.41) is 2.75. The number of nitrogens with one attached hydrogen (secondary N) is 1. The predicted octanol–water partition coefficient (Wildman–Crippen LogP) is 2.32. The number of hydrogen-bond acceptors (Lipinski definition) is 4. The van der Waals surface area contributed by atoms with Gasteiger partial charge in [-0.3, -0.25) is 14.4 Å². The van der Waals surface area contributed by atoms with Crippen LogP contribution in [0.25, 0.3) is 0 Å². The monoisotopic (exact) mass is 445 g/mol. The molecule has 0 aromatic heterocycles. The van der Waals surface area contributed by atoms with Crippen molar-refractivity contribution < 1.29 is 27.9 Å². The van der Waals surface area contributed by atoms with Gasteiger partial charge in [0.05, 0.1) is 12.0 Å². The summed E-state index contributed by atoms with van der Waals surface area (Å²) in [6.45, 7) is -1.54. The van der Waals surface area contributed by atoms with Crippen LogP contribution in [0.1, 0.15) is 22.3 Å². The number of alkyl halides is 2. The van der Waals surface area contributed by atoms with Gasteiger partial charge in [-0.05, 0) is 17.7 Å². The third kappa shape index (κ3) is 6.50. The first-order valence-corrected chi connectivity index (χ1v) is 10.4. The van der Waals surface area contributed by atoms with Crippen LogP contribution < -0.4 is 10.1 Å². The van der Waals surface area contributed by atoms with E-state index in [1.165, 1.54) is 23.1 Å². The van der Waals surface area contributed by atoms with Crippen LogP contribution in [0.5, 0.6) is 5.75 Å². The molecule has 32 heavy (non-hydrogen) atoms. The van der Waals surface area contributed by atoms with Gasteiger partial charge in [-0.2, -0.15) is 8.78 Å². The first kappa shape index (κ1) is 23.2. The van der Waals surface area contributed by atoms with E-state index in [-0.39, 0.29) is 55.6 Å². The molecule has 1 heterocycles. The van der Waals surface area contributed by atoms with Crippen molar-refractivity contribution in [2.45, 2.75) is 19.5 Å². The topological polar surface area (TPSA) is 79.0 Å². The van der Waals surface area contributed by atoms with Crippen LogP contribution in [-0.2, 0) is 16.0 Å². The summed E-state index contributed by atoms with van der Waals surface area (Å²) < 4.78 is 29.6. The molecule has 0 unspecified atom stereocenters. The van der Waals surface area contributed by atoms with Crippen LogP contribution in [0.3, 0.4) is 0 Å². The molecule has 1 saturated heterocycles. The van der Waals surface area contributed by atoms with Crippen LogP contribution >= 0.6 is 0 Å². The summed E-state index contributed by atoms with van der Waals surface area (Å²) in [7, 11) is 0. The quantitative estimate of drug-likeness (QED) is 0.677. The maximum atomic E-state index is 12.7. The van der Waals surface area contributed by atoms with E-state index in [1.807, 2.05) is 30.3 Å². The fourth-order valence-corrected chi connectivity index (χ4v) is 3.48. The molecule has 2 aromatic carbocycles. The van der Waals surface area contributed by atoms with Gasteiger partial charge in [0.15, 0.2) is 0 Å². The lowest BCUT2D eigenvalue weighted by atomic mass is 10.1. The Morgan fingerprint density at radius 2 is 1.53 bits per heavy atom. The van der Waals surface area contributed by atoms with E-state index in [1.54, 1.807) is 11.0 Å². The molecule has 0 aliphatic carbocycles. The van der Waals surface area contributed by atoms with Gasteiger partial charge in [-0.25, -0.2) is 0 Å². The second kappa shape index (κ2) is 11.2. The highest BCUT2D eigenvalue weighted by molar-refractivity contribution is 5.97. The lowest BCUT2D eigenvalue weighted by Gasteiger charge is -2.35. The van der Waals surface area contributed by atoms with Gasteiger partial charge in [-0.1, -0.05) is 42.5 Å². The number of halogens is 2. The fourth-order valence-electron chi connectivity index (χ4n) is 3.48. The van der Waals surface area contributed by atoms with E-state index in [0.29, 0.717) is 13.1 Å². The molecule has 1 aliphatic rings. The Morgan fingerprint density at radius 3 is 2.22 bits per heavy atom. The van der Waals surface area contributed by atoms with E-state index in [4.69, 9.17) is 0 Å². The maximum Gasteiger partial charge on any atom is 0.387 e. The predicted molar refractivity (Wildman–Crippen MR) is 113 cm³/mol. The first-order chi connectivity index (χ1) is 15.4. The highest BCUT2D eigenvalue weighted by Gasteiger charge is 2.26. The zero-order valence-corrected chi connectivity index (χ0v) is 17.5. The molecule has 0 radical (unpaired) electrons. The second-order valence-corrected chi connectivity index (χ2v) is 7.31. The molecule has 2 aromatic rings. The van der Waals surface area contributed by atoms with Crippen molar-refractivity contribution >= 4 is 17.7 Å². The molecule has 1 aliphatic heterocycles. The standard InChI is InChI=1S/C23H25F2N3O4/c24-23(25)32-19-9-5-4-8-18(19)22(31)28-14-12-27(13-15-28)21(30)10-11-26-20(29)16-17-6-2-1-3-7-17/h1-9,23H,10-16H2,(H,26,29). The zero-order chi connectivity index (χ0) is 22.9. The highest BCUT2D eigenvalue weighted by Crippen LogP contribution is 2.22. The lowest BCUT2D eigenvalue weighted by Crippen LogP contribution is -2.51. The number of nitrogens with zero attached hydrogens (tertiary/aromatic N) is 2. The molecule has 9 heteroatoms. The van der Waals surface area contributed by atoms with Gasteiger partial charge in [0.25, 0.3) is 5.91 Å². The minimum Gasteiger partial charge on any atom is -0.434 e. The highest BCUT2D eigenvalue weighted by atomic mass is 19.3. The van der Waals surface area contributed by atoms with Crippen molar-refractivity contribution in [3.05, 3.63) is 65.7 Å². The van der Waals surface area contributed by atoms with Crippen molar-refractivity contribution in [2.24, 2.45) is 0 Å². The minimum atomic E-state index is -3.02. The fraction of sp³-hybridized carbons (Fsp3) is 0.348. The summed E-state index contributed by atoms with van der Waals surface area (Å²) in [5.74, 6) is -0.846.